The van der Waals surface area contributed by atoms with Crippen LogP contribution >= 0.6 is 11.3 Å². The SMILES string of the molecule is CCCC(N)c1csc(-c2ccoc2)n1. The largest absolute Gasteiger partial charge is 0.472 e. The average Bonchev–Trinajstić information content (AvgIpc) is 2.89. The molecular formula is C11H14N2OS. The third-order valence-corrected chi connectivity index (χ3v) is 3.18. The maximum absolute atomic E-state index is 5.99. The van der Waals surface area contributed by atoms with Crippen LogP contribution in [0.3, 0.4) is 0 Å². The third kappa shape index (κ3) is 2.27. The Balaban J connectivity index is 2.17. The normalized spacial score (nSPS) is 12.9. The van der Waals surface area contributed by atoms with Gasteiger partial charge in [0.25, 0.3) is 0 Å². The van der Waals surface area contributed by atoms with Gasteiger partial charge in [0.2, 0.25) is 0 Å². The number of hydrogen-bond donors (Lipinski definition) is 1. The van der Waals surface area contributed by atoms with Crippen LogP contribution in [0.5, 0.6) is 0 Å². The van der Waals surface area contributed by atoms with Crippen molar-refractivity contribution in [3.05, 3.63) is 29.7 Å². The molecule has 0 spiro atoms. The molecule has 0 fully saturated rings. The van der Waals surface area contributed by atoms with Gasteiger partial charge >= 0.3 is 0 Å². The molecule has 0 aliphatic heterocycles. The zero-order valence-corrected chi connectivity index (χ0v) is 9.46. The number of aromatic nitrogens is 1. The fourth-order valence-electron chi connectivity index (χ4n) is 1.43. The fourth-order valence-corrected chi connectivity index (χ4v) is 2.30. The molecule has 80 valence electrons. The van der Waals surface area contributed by atoms with Crippen LogP contribution in [0.2, 0.25) is 0 Å². The first-order valence-corrected chi connectivity index (χ1v) is 5.92. The molecule has 15 heavy (non-hydrogen) atoms. The molecule has 0 aliphatic carbocycles. The predicted octanol–water partition coefficient (Wildman–Crippen LogP) is 3.20. The molecular weight excluding hydrogens is 208 g/mol. The van der Waals surface area contributed by atoms with Crippen molar-refractivity contribution in [3.63, 3.8) is 0 Å². The van der Waals surface area contributed by atoms with Crippen molar-refractivity contribution in [2.75, 3.05) is 0 Å². The maximum Gasteiger partial charge on any atom is 0.126 e. The number of furan rings is 1. The average molecular weight is 222 g/mol. The summed E-state index contributed by atoms with van der Waals surface area (Å²) in [5.74, 6) is 0. The van der Waals surface area contributed by atoms with Crippen LogP contribution in [0.4, 0.5) is 0 Å². The Bertz CT molecular complexity index is 408. The summed E-state index contributed by atoms with van der Waals surface area (Å²) in [6, 6.07) is 1.97. The van der Waals surface area contributed by atoms with Gasteiger partial charge in [-0.25, -0.2) is 4.98 Å². The minimum Gasteiger partial charge on any atom is -0.472 e. The molecule has 2 aromatic heterocycles. The van der Waals surface area contributed by atoms with E-state index in [-0.39, 0.29) is 6.04 Å². The van der Waals surface area contributed by atoms with Gasteiger partial charge in [0.1, 0.15) is 11.3 Å². The Hall–Kier alpha value is -1.13. The fraction of sp³-hybridized carbons (Fsp3) is 0.364. The molecule has 0 radical (unpaired) electrons. The lowest BCUT2D eigenvalue weighted by Crippen LogP contribution is -2.09. The van der Waals surface area contributed by atoms with Crippen LogP contribution in [-0.4, -0.2) is 4.98 Å². The summed E-state index contributed by atoms with van der Waals surface area (Å²) in [6.07, 6.45) is 5.42. The van der Waals surface area contributed by atoms with Gasteiger partial charge in [-0.1, -0.05) is 13.3 Å². The van der Waals surface area contributed by atoms with E-state index in [1.807, 2.05) is 11.4 Å². The highest BCUT2D eigenvalue weighted by molar-refractivity contribution is 7.13. The summed E-state index contributed by atoms with van der Waals surface area (Å²) in [5, 5.41) is 3.01. The number of nitrogens with zero attached hydrogens (tertiary/aromatic N) is 1. The Morgan fingerprint density at radius 3 is 3.13 bits per heavy atom. The molecule has 0 bridgehead atoms. The minimum atomic E-state index is 0.0619. The first-order valence-electron chi connectivity index (χ1n) is 5.05. The van der Waals surface area contributed by atoms with E-state index in [0.717, 1.165) is 29.1 Å². The van der Waals surface area contributed by atoms with Crippen molar-refractivity contribution >= 4 is 11.3 Å². The summed E-state index contributed by atoms with van der Waals surface area (Å²) in [7, 11) is 0. The zero-order valence-electron chi connectivity index (χ0n) is 8.64. The van der Waals surface area contributed by atoms with E-state index in [0.29, 0.717) is 0 Å². The van der Waals surface area contributed by atoms with Crippen LogP contribution < -0.4 is 5.73 Å². The van der Waals surface area contributed by atoms with Crippen molar-refractivity contribution in [2.24, 2.45) is 5.73 Å². The molecule has 0 saturated carbocycles. The molecule has 0 amide bonds. The van der Waals surface area contributed by atoms with Gasteiger partial charge < -0.3 is 10.2 Å². The lowest BCUT2D eigenvalue weighted by Gasteiger charge is -2.05. The first-order chi connectivity index (χ1) is 7.31. The molecule has 2 heterocycles. The molecule has 2 aromatic rings. The number of hydrogen-bond acceptors (Lipinski definition) is 4. The second kappa shape index (κ2) is 4.59. The number of rotatable bonds is 4. The quantitative estimate of drug-likeness (QED) is 0.864. The summed E-state index contributed by atoms with van der Waals surface area (Å²) < 4.78 is 5.02. The molecule has 3 nitrogen and oxygen atoms in total. The van der Waals surface area contributed by atoms with Crippen molar-refractivity contribution in [1.82, 2.24) is 4.98 Å². The van der Waals surface area contributed by atoms with Gasteiger partial charge in [-0.15, -0.1) is 11.3 Å². The van der Waals surface area contributed by atoms with Crippen LogP contribution in [0, 0.1) is 0 Å². The topological polar surface area (TPSA) is 52.0 Å². The lowest BCUT2D eigenvalue weighted by atomic mass is 10.1. The highest BCUT2D eigenvalue weighted by atomic mass is 32.1. The van der Waals surface area contributed by atoms with E-state index in [1.165, 1.54) is 0 Å². The summed E-state index contributed by atoms with van der Waals surface area (Å²) in [6.45, 7) is 2.13. The smallest absolute Gasteiger partial charge is 0.126 e. The highest BCUT2D eigenvalue weighted by Gasteiger charge is 2.11. The van der Waals surface area contributed by atoms with Gasteiger partial charge in [-0.3, -0.25) is 0 Å². The van der Waals surface area contributed by atoms with Crippen molar-refractivity contribution in [2.45, 2.75) is 25.8 Å². The summed E-state index contributed by atoms with van der Waals surface area (Å²) in [5.41, 5.74) is 8.00. The third-order valence-electron chi connectivity index (χ3n) is 2.27. The number of thiazole rings is 1. The number of nitrogens with two attached hydrogens (primary N) is 1. The second-order valence-electron chi connectivity index (χ2n) is 3.48. The van der Waals surface area contributed by atoms with Gasteiger partial charge in [0.15, 0.2) is 0 Å². The minimum absolute atomic E-state index is 0.0619. The van der Waals surface area contributed by atoms with E-state index in [9.17, 15) is 0 Å². The maximum atomic E-state index is 5.99. The zero-order chi connectivity index (χ0) is 10.7. The molecule has 2 rings (SSSR count). The Morgan fingerprint density at radius 1 is 1.60 bits per heavy atom. The van der Waals surface area contributed by atoms with Crippen LogP contribution in [0.25, 0.3) is 10.6 Å². The molecule has 0 aromatic carbocycles. The van der Waals surface area contributed by atoms with Gasteiger partial charge in [-0.2, -0.15) is 0 Å². The monoisotopic (exact) mass is 222 g/mol. The van der Waals surface area contributed by atoms with Gasteiger partial charge in [0.05, 0.1) is 12.0 Å². The standard InChI is InChI=1S/C11H14N2OS/c1-2-3-9(12)10-7-15-11(13-10)8-4-5-14-6-8/h4-7,9H,2-3,12H2,1H3. The predicted molar refractivity (Wildman–Crippen MR) is 61.7 cm³/mol. The van der Waals surface area contributed by atoms with Crippen LogP contribution in [0.15, 0.2) is 28.4 Å². The molecule has 0 aliphatic rings. The van der Waals surface area contributed by atoms with Gasteiger partial charge in [-0.05, 0) is 12.5 Å². The van der Waals surface area contributed by atoms with E-state index in [4.69, 9.17) is 10.2 Å². The van der Waals surface area contributed by atoms with Crippen molar-refractivity contribution in [3.8, 4) is 10.6 Å². The van der Waals surface area contributed by atoms with Crippen LogP contribution in [-0.2, 0) is 0 Å². The Labute approximate surface area is 92.9 Å². The second-order valence-corrected chi connectivity index (χ2v) is 4.34. The first kappa shape index (κ1) is 10.4. The van der Waals surface area contributed by atoms with Crippen LogP contribution in [0.1, 0.15) is 31.5 Å². The highest BCUT2D eigenvalue weighted by Crippen LogP contribution is 2.26. The summed E-state index contributed by atoms with van der Waals surface area (Å²) in [4.78, 5) is 4.50. The summed E-state index contributed by atoms with van der Waals surface area (Å²) >= 11 is 1.61. The van der Waals surface area contributed by atoms with E-state index in [1.54, 1.807) is 23.9 Å². The lowest BCUT2D eigenvalue weighted by molar-refractivity contribution is 0.568. The Kier molecular flexibility index (Phi) is 3.18. The van der Waals surface area contributed by atoms with E-state index < -0.39 is 0 Å². The van der Waals surface area contributed by atoms with E-state index in [2.05, 4.69) is 11.9 Å². The molecule has 2 N–H and O–H groups in total. The molecule has 0 saturated heterocycles. The van der Waals surface area contributed by atoms with Crippen molar-refractivity contribution < 1.29 is 4.42 Å². The van der Waals surface area contributed by atoms with Crippen molar-refractivity contribution in [1.29, 1.82) is 0 Å². The van der Waals surface area contributed by atoms with E-state index >= 15 is 0 Å². The Morgan fingerprint density at radius 2 is 2.47 bits per heavy atom. The molecule has 1 unspecified atom stereocenters. The van der Waals surface area contributed by atoms with Gasteiger partial charge in [0, 0.05) is 17.0 Å². The molecule has 1 atom stereocenters. The molecule has 4 heteroatoms.